The van der Waals surface area contributed by atoms with Gasteiger partial charge in [0.2, 0.25) is 0 Å². The van der Waals surface area contributed by atoms with E-state index in [9.17, 15) is 9.59 Å². The zero-order chi connectivity index (χ0) is 25.8. The van der Waals surface area contributed by atoms with Crippen LogP contribution in [0.5, 0.6) is 0 Å². The van der Waals surface area contributed by atoms with Gasteiger partial charge >= 0.3 is 12.1 Å². The van der Waals surface area contributed by atoms with Crippen molar-refractivity contribution in [1.82, 2.24) is 5.16 Å². The lowest BCUT2D eigenvalue weighted by molar-refractivity contribution is -0.136. The number of aromatic nitrogens is 1. The van der Waals surface area contributed by atoms with Crippen molar-refractivity contribution in [2.45, 2.75) is 26.4 Å². The predicted molar refractivity (Wildman–Crippen MR) is 138 cm³/mol. The number of carboxylic acids is 1. The number of rotatable bonds is 7. The number of ether oxygens (including phenoxy) is 1. The van der Waals surface area contributed by atoms with Crippen molar-refractivity contribution in [3.05, 3.63) is 93.7 Å². The molecule has 1 aromatic heterocycles. The number of carbonyl (C=O) groups is 2. The number of benzene rings is 3. The number of hydrogen-bond donors (Lipinski definition) is 2. The third kappa shape index (κ3) is 5.70. The quantitative estimate of drug-likeness (QED) is 0.258. The molecule has 7 nitrogen and oxygen atoms in total. The molecule has 0 unspecified atom stereocenters. The summed E-state index contributed by atoms with van der Waals surface area (Å²) in [5.74, 6) is -0.494. The van der Waals surface area contributed by atoms with E-state index in [4.69, 9.17) is 37.6 Å². The fraction of sp³-hybridized carbons (Fsp3) is 0.148. The van der Waals surface area contributed by atoms with Gasteiger partial charge in [-0.25, -0.2) is 4.79 Å². The number of anilines is 1. The summed E-state index contributed by atoms with van der Waals surface area (Å²) in [7, 11) is 0. The Morgan fingerprint density at radius 2 is 1.72 bits per heavy atom. The summed E-state index contributed by atoms with van der Waals surface area (Å²) in [4.78, 5) is 23.5. The molecule has 9 heteroatoms. The summed E-state index contributed by atoms with van der Waals surface area (Å²) in [5, 5.41) is 16.6. The van der Waals surface area contributed by atoms with Crippen LogP contribution < -0.4 is 5.32 Å². The van der Waals surface area contributed by atoms with Crippen molar-refractivity contribution in [3.63, 3.8) is 0 Å². The van der Waals surface area contributed by atoms with E-state index in [1.165, 1.54) is 0 Å². The number of aliphatic carboxylic acids is 1. The summed E-state index contributed by atoms with van der Waals surface area (Å²) in [6.07, 6.45) is -1.31. The average molecular weight is 525 g/mol. The predicted octanol–water partition coefficient (Wildman–Crippen LogP) is 7.56. The Bertz CT molecular complexity index is 1420. The molecule has 0 aliphatic carbocycles. The van der Waals surface area contributed by atoms with E-state index >= 15 is 0 Å². The van der Waals surface area contributed by atoms with Gasteiger partial charge in [0, 0.05) is 16.1 Å². The largest absolute Gasteiger partial charge is 0.481 e. The monoisotopic (exact) mass is 524 g/mol. The first-order valence-corrected chi connectivity index (χ1v) is 11.8. The van der Waals surface area contributed by atoms with Crippen LogP contribution in [0.2, 0.25) is 10.0 Å². The van der Waals surface area contributed by atoms with Crippen LogP contribution >= 0.6 is 23.2 Å². The van der Waals surface area contributed by atoms with Crippen LogP contribution in [0.3, 0.4) is 0 Å². The molecule has 4 rings (SSSR count). The van der Waals surface area contributed by atoms with E-state index in [1.807, 2.05) is 24.3 Å². The van der Waals surface area contributed by atoms with Gasteiger partial charge in [-0.3, -0.25) is 10.1 Å². The van der Waals surface area contributed by atoms with Crippen molar-refractivity contribution in [2.75, 3.05) is 5.32 Å². The van der Waals surface area contributed by atoms with Crippen molar-refractivity contribution >= 4 is 41.0 Å². The molecular formula is C27H22Cl2N2O5. The molecule has 0 aliphatic rings. The first-order chi connectivity index (χ1) is 17.2. The summed E-state index contributed by atoms with van der Waals surface area (Å²) in [5.41, 5.74) is 4.39. The molecule has 2 N–H and O–H groups in total. The summed E-state index contributed by atoms with van der Waals surface area (Å²) >= 11 is 12.8. The molecule has 0 aliphatic heterocycles. The average Bonchev–Trinajstić information content (AvgIpc) is 3.19. The number of carbonyl (C=O) groups excluding carboxylic acids is 1. The molecule has 0 fully saturated rings. The number of aryl methyl sites for hydroxylation is 1. The van der Waals surface area contributed by atoms with Crippen molar-refractivity contribution < 1.29 is 24.0 Å². The highest BCUT2D eigenvalue weighted by atomic mass is 35.5. The lowest BCUT2D eigenvalue weighted by atomic mass is 10.0. The standard InChI is InChI=1S/C27H22Cl2N2O5/c1-15(20-5-3-4-6-22(20)28)35-27(34)30-25-16(2)36-31-26(25)21-12-11-19(14-23(21)29)18-9-7-17(8-10-18)13-24(32)33/h3-12,14-15H,13H2,1-2H3,(H,30,34)(H,32,33)/t15-/m1/s1. The first-order valence-electron chi connectivity index (χ1n) is 11.0. The highest BCUT2D eigenvalue weighted by Gasteiger charge is 2.22. The fourth-order valence-electron chi connectivity index (χ4n) is 3.74. The van der Waals surface area contributed by atoms with Crippen LogP contribution in [0, 0.1) is 6.92 Å². The maximum atomic E-state index is 12.6. The van der Waals surface area contributed by atoms with Crippen molar-refractivity contribution in [3.8, 4) is 22.4 Å². The number of nitrogens with one attached hydrogen (secondary N) is 1. The molecule has 0 saturated heterocycles. The van der Waals surface area contributed by atoms with Gasteiger partial charge in [-0.2, -0.15) is 0 Å². The molecule has 0 bridgehead atoms. The molecule has 0 spiro atoms. The number of halogens is 2. The zero-order valence-corrected chi connectivity index (χ0v) is 20.9. The number of amides is 1. The van der Waals surface area contributed by atoms with E-state index < -0.39 is 18.2 Å². The Hall–Kier alpha value is -3.81. The molecule has 0 saturated carbocycles. The van der Waals surface area contributed by atoms with Crippen molar-refractivity contribution in [1.29, 1.82) is 0 Å². The van der Waals surface area contributed by atoms with Gasteiger partial charge in [-0.15, -0.1) is 0 Å². The lowest BCUT2D eigenvalue weighted by Gasteiger charge is -2.15. The highest BCUT2D eigenvalue weighted by molar-refractivity contribution is 6.33. The molecular weight excluding hydrogens is 503 g/mol. The highest BCUT2D eigenvalue weighted by Crippen LogP contribution is 2.37. The second-order valence-corrected chi connectivity index (χ2v) is 8.93. The molecule has 3 aromatic carbocycles. The van der Waals surface area contributed by atoms with Gasteiger partial charge < -0.3 is 14.4 Å². The molecule has 1 atom stereocenters. The summed E-state index contributed by atoms with van der Waals surface area (Å²) < 4.78 is 10.8. The van der Waals surface area contributed by atoms with Crippen LogP contribution in [0.4, 0.5) is 10.5 Å². The van der Waals surface area contributed by atoms with Gasteiger partial charge in [-0.1, -0.05) is 83.0 Å². The van der Waals surface area contributed by atoms with Crippen molar-refractivity contribution in [2.24, 2.45) is 0 Å². The molecule has 1 heterocycles. The first kappa shape index (κ1) is 25.3. The lowest BCUT2D eigenvalue weighted by Crippen LogP contribution is -2.17. The maximum Gasteiger partial charge on any atom is 0.412 e. The number of hydrogen-bond acceptors (Lipinski definition) is 5. The minimum absolute atomic E-state index is 0.0408. The van der Waals surface area contributed by atoms with E-state index in [-0.39, 0.29) is 6.42 Å². The number of nitrogens with zero attached hydrogens (tertiary/aromatic N) is 1. The Kier molecular flexibility index (Phi) is 7.62. The van der Waals surface area contributed by atoms with E-state index in [0.717, 1.165) is 11.1 Å². The van der Waals surface area contributed by atoms with Gasteiger partial charge in [-0.05, 0) is 42.7 Å². The Labute approximate surface area is 217 Å². The van der Waals surface area contributed by atoms with Crippen LogP contribution in [0.15, 0.2) is 71.3 Å². The third-order valence-electron chi connectivity index (χ3n) is 5.58. The van der Waals surface area contributed by atoms with E-state index in [2.05, 4.69) is 10.5 Å². The molecule has 36 heavy (non-hydrogen) atoms. The zero-order valence-electron chi connectivity index (χ0n) is 19.4. The Balaban J connectivity index is 1.53. The molecule has 4 aromatic rings. The summed E-state index contributed by atoms with van der Waals surface area (Å²) in [6.45, 7) is 3.40. The van der Waals surface area contributed by atoms with Gasteiger partial charge in [0.25, 0.3) is 0 Å². The minimum atomic E-state index is -0.885. The second-order valence-electron chi connectivity index (χ2n) is 8.12. The molecule has 0 radical (unpaired) electrons. The van der Waals surface area contributed by atoms with Gasteiger partial charge in [0.1, 0.15) is 17.5 Å². The Morgan fingerprint density at radius 3 is 2.39 bits per heavy atom. The summed E-state index contributed by atoms with van der Waals surface area (Å²) in [6, 6.07) is 19.8. The van der Waals surface area contributed by atoms with Gasteiger partial charge in [0.15, 0.2) is 5.76 Å². The van der Waals surface area contributed by atoms with Crippen LogP contribution in [0.25, 0.3) is 22.4 Å². The smallest absolute Gasteiger partial charge is 0.412 e. The topological polar surface area (TPSA) is 102 Å². The normalized spacial score (nSPS) is 11.7. The third-order valence-corrected chi connectivity index (χ3v) is 6.24. The fourth-order valence-corrected chi connectivity index (χ4v) is 4.30. The van der Waals surface area contributed by atoms with E-state index in [0.29, 0.717) is 43.9 Å². The SMILES string of the molecule is Cc1onc(-c2ccc(-c3ccc(CC(=O)O)cc3)cc2Cl)c1NC(=O)O[C@H](C)c1ccccc1Cl. The van der Waals surface area contributed by atoms with Crippen LogP contribution in [-0.4, -0.2) is 22.3 Å². The van der Waals surface area contributed by atoms with Crippen LogP contribution in [-0.2, 0) is 16.0 Å². The molecule has 1 amide bonds. The number of carboxylic acid groups (broad SMARTS) is 1. The Morgan fingerprint density at radius 1 is 1.03 bits per heavy atom. The second kappa shape index (κ2) is 10.8. The van der Waals surface area contributed by atoms with E-state index in [1.54, 1.807) is 56.3 Å². The van der Waals surface area contributed by atoms with Crippen LogP contribution in [0.1, 0.15) is 29.9 Å². The maximum absolute atomic E-state index is 12.6. The van der Waals surface area contributed by atoms with Gasteiger partial charge in [0.05, 0.1) is 11.4 Å². The molecule has 184 valence electrons. The minimum Gasteiger partial charge on any atom is -0.481 e.